The molecule has 0 amide bonds. The van der Waals surface area contributed by atoms with E-state index < -0.39 is 6.10 Å². The highest BCUT2D eigenvalue weighted by atomic mass is 16.3. The Morgan fingerprint density at radius 2 is 1.95 bits per heavy atom. The molecule has 0 bridgehead atoms. The van der Waals surface area contributed by atoms with Crippen LogP contribution in [0, 0.1) is 0 Å². The van der Waals surface area contributed by atoms with E-state index in [-0.39, 0.29) is 6.61 Å². The van der Waals surface area contributed by atoms with Crippen LogP contribution < -0.4 is 10.6 Å². The Labute approximate surface area is 131 Å². The van der Waals surface area contributed by atoms with Crippen LogP contribution in [-0.2, 0) is 12.8 Å². The number of rotatable bonds is 5. The van der Waals surface area contributed by atoms with Crippen molar-refractivity contribution in [3.63, 3.8) is 0 Å². The Bertz CT molecular complexity index is 503. The van der Waals surface area contributed by atoms with E-state index in [0.29, 0.717) is 12.5 Å². The van der Waals surface area contributed by atoms with Crippen molar-refractivity contribution in [1.29, 1.82) is 0 Å². The van der Waals surface area contributed by atoms with Crippen LogP contribution in [0.15, 0.2) is 0 Å². The van der Waals surface area contributed by atoms with Crippen molar-refractivity contribution in [2.45, 2.75) is 50.5 Å². The van der Waals surface area contributed by atoms with Crippen LogP contribution in [-0.4, -0.2) is 52.5 Å². The topological polar surface area (TPSA) is 90.3 Å². The van der Waals surface area contributed by atoms with Gasteiger partial charge in [-0.25, -0.2) is 9.97 Å². The molecule has 0 spiro atoms. The van der Waals surface area contributed by atoms with E-state index in [1.807, 2.05) is 0 Å². The first-order valence-electron chi connectivity index (χ1n) is 8.41. The summed E-state index contributed by atoms with van der Waals surface area (Å²) in [7, 11) is 0. The van der Waals surface area contributed by atoms with Gasteiger partial charge >= 0.3 is 0 Å². The van der Waals surface area contributed by atoms with Gasteiger partial charge in [0.25, 0.3) is 0 Å². The van der Waals surface area contributed by atoms with Gasteiger partial charge < -0.3 is 20.8 Å². The van der Waals surface area contributed by atoms with Gasteiger partial charge in [-0.05, 0) is 25.8 Å². The summed E-state index contributed by atoms with van der Waals surface area (Å²) in [4.78, 5) is 9.63. The van der Waals surface area contributed by atoms with E-state index in [2.05, 4.69) is 10.6 Å². The van der Waals surface area contributed by atoms with Crippen LogP contribution in [0.25, 0.3) is 0 Å². The lowest BCUT2D eigenvalue weighted by Crippen LogP contribution is -2.25. The average Bonchev–Trinajstić information content (AvgIpc) is 2.97. The molecule has 2 heterocycles. The second kappa shape index (κ2) is 7.35. The quantitative estimate of drug-likeness (QED) is 0.636. The number of hydrogen-bond donors (Lipinski definition) is 4. The predicted octanol–water partition coefficient (Wildman–Crippen LogP) is 0.587. The van der Waals surface area contributed by atoms with Gasteiger partial charge in [-0.2, -0.15) is 0 Å². The lowest BCUT2D eigenvalue weighted by molar-refractivity contribution is 0.105. The highest BCUT2D eigenvalue weighted by Gasteiger charge is 2.24. The molecule has 0 radical (unpaired) electrons. The molecule has 1 aromatic heterocycles. The van der Waals surface area contributed by atoms with Crippen LogP contribution in [0.5, 0.6) is 0 Å². The zero-order valence-corrected chi connectivity index (χ0v) is 13.0. The van der Waals surface area contributed by atoms with Gasteiger partial charge in [0, 0.05) is 31.0 Å². The number of nitrogens with zero attached hydrogens (tertiary/aromatic N) is 2. The molecule has 1 aliphatic carbocycles. The monoisotopic (exact) mass is 306 g/mol. The Morgan fingerprint density at radius 1 is 1.18 bits per heavy atom. The van der Waals surface area contributed by atoms with Crippen molar-refractivity contribution < 1.29 is 10.2 Å². The summed E-state index contributed by atoms with van der Waals surface area (Å²) in [6.45, 7) is 1.96. The number of aliphatic hydroxyl groups is 2. The first-order chi connectivity index (χ1) is 10.8. The minimum absolute atomic E-state index is 0.239. The van der Waals surface area contributed by atoms with Crippen LogP contribution in [0.4, 0.5) is 5.82 Å². The third kappa shape index (κ3) is 3.56. The normalized spacial score (nSPS) is 20.5. The Kier molecular flexibility index (Phi) is 5.23. The summed E-state index contributed by atoms with van der Waals surface area (Å²) in [6.07, 6.45) is 5.94. The Balaban J connectivity index is 1.88. The van der Waals surface area contributed by atoms with Gasteiger partial charge in [0.05, 0.1) is 18.4 Å². The zero-order valence-electron chi connectivity index (χ0n) is 13.0. The third-order valence-corrected chi connectivity index (χ3v) is 4.64. The van der Waals surface area contributed by atoms with E-state index in [1.54, 1.807) is 0 Å². The van der Waals surface area contributed by atoms with Crippen LogP contribution in [0.1, 0.15) is 48.7 Å². The summed E-state index contributed by atoms with van der Waals surface area (Å²) < 4.78 is 0. The largest absolute Gasteiger partial charge is 0.394 e. The summed E-state index contributed by atoms with van der Waals surface area (Å²) in [5, 5.41) is 25.2. The maximum Gasteiger partial charge on any atom is 0.134 e. The standard InChI is InChI=1S/C16H26N4O2/c21-10-12(22)9-18-16-13-5-7-17-8-6-14(13)19-15(20-16)11-3-1-2-4-11/h11-12,17,21-22H,1-10H2,(H,18,19,20)/t12-/m1/s1. The van der Waals surface area contributed by atoms with Crippen LogP contribution >= 0.6 is 0 Å². The van der Waals surface area contributed by atoms with Gasteiger partial charge in [-0.3, -0.25) is 0 Å². The molecule has 0 saturated heterocycles. The maximum absolute atomic E-state index is 9.59. The van der Waals surface area contributed by atoms with E-state index in [1.165, 1.54) is 25.7 Å². The van der Waals surface area contributed by atoms with E-state index >= 15 is 0 Å². The number of nitrogens with one attached hydrogen (secondary N) is 2. The molecule has 122 valence electrons. The summed E-state index contributed by atoms with van der Waals surface area (Å²) in [5.41, 5.74) is 2.31. The van der Waals surface area contributed by atoms with Gasteiger partial charge in [0.15, 0.2) is 0 Å². The number of aromatic nitrogens is 2. The second-order valence-corrected chi connectivity index (χ2v) is 6.30. The van der Waals surface area contributed by atoms with Gasteiger partial charge in [-0.15, -0.1) is 0 Å². The summed E-state index contributed by atoms with van der Waals surface area (Å²) in [5.74, 6) is 2.28. The van der Waals surface area contributed by atoms with Crippen LogP contribution in [0.2, 0.25) is 0 Å². The van der Waals surface area contributed by atoms with Gasteiger partial charge in [-0.1, -0.05) is 12.8 Å². The fourth-order valence-electron chi connectivity index (χ4n) is 3.36. The fourth-order valence-corrected chi connectivity index (χ4v) is 3.36. The highest BCUT2D eigenvalue weighted by Crippen LogP contribution is 2.33. The molecule has 0 aromatic carbocycles. The molecule has 3 rings (SSSR count). The molecular formula is C16H26N4O2. The smallest absolute Gasteiger partial charge is 0.134 e. The van der Waals surface area contributed by atoms with E-state index in [4.69, 9.17) is 15.1 Å². The molecule has 1 atom stereocenters. The highest BCUT2D eigenvalue weighted by molar-refractivity contribution is 5.48. The number of hydrogen-bond acceptors (Lipinski definition) is 6. The third-order valence-electron chi connectivity index (χ3n) is 4.64. The Morgan fingerprint density at radius 3 is 2.73 bits per heavy atom. The molecule has 22 heavy (non-hydrogen) atoms. The lowest BCUT2D eigenvalue weighted by Gasteiger charge is -2.18. The van der Waals surface area contributed by atoms with Crippen LogP contribution in [0.3, 0.4) is 0 Å². The van der Waals surface area contributed by atoms with E-state index in [0.717, 1.165) is 48.8 Å². The molecule has 1 saturated carbocycles. The molecule has 1 fully saturated rings. The van der Waals surface area contributed by atoms with Crippen molar-refractivity contribution in [3.8, 4) is 0 Å². The molecule has 1 aliphatic heterocycles. The van der Waals surface area contributed by atoms with Crippen molar-refractivity contribution in [2.75, 3.05) is 31.6 Å². The number of fused-ring (bicyclic) bond motifs is 1. The van der Waals surface area contributed by atoms with Crippen molar-refractivity contribution in [3.05, 3.63) is 17.1 Å². The first-order valence-corrected chi connectivity index (χ1v) is 8.41. The maximum atomic E-state index is 9.59. The minimum Gasteiger partial charge on any atom is -0.394 e. The average molecular weight is 306 g/mol. The fraction of sp³-hybridized carbons (Fsp3) is 0.750. The molecule has 4 N–H and O–H groups in total. The molecule has 1 aromatic rings. The predicted molar refractivity (Wildman–Crippen MR) is 85.1 cm³/mol. The first kappa shape index (κ1) is 15.6. The summed E-state index contributed by atoms with van der Waals surface area (Å²) in [6, 6.07) is 0. The van der Waals surface area contributed by atoms with Gasteiger partial charge in [0.1, 0.15) is 11.6 Å². The number of aliphatic hydroxyl groups excluding tert-OH is 2. The summed E-state index contributed by atoms with van der Waals surface area (Å²) >= 11 is 0. The van der Waals surface area contributed by atoms with Crippen molar-refractivity contribution >= 4 is 5.82 Å². The van der Waals surface area contributed by atoms with E-state index in [9.17, 15) is 5.11 Å². The zero-order chi connectivity index (χ0) is 15.4. The molecule has 6 nitrogen and oxygen atoms in total. The molecule has 6 heteroatoms. The minimum atomic E-state index is -0.760. The number of anilines is 1. The SMILES string of the molecule is OC[C@H](O)CNc1nc(C2CCCC2)nc2c1CCNCC2. The molecule has 2 aliphatic rings. The Hall–Kier alpha value is -1.24. The van der Waals surface area contributed by atoms with Crippen molar-refractivity contribution in [2.24, 2.45) is 0 Å². The second-order valence-electron chi connectivity index (χ2n) is 6.30. The lowest BCUT2D eigenvalue weighted by atomic mass is 10.0. The van der Waals surface area contributed by atoms with Gasteiger partial charge in [0.2, 0.25) is 0 Å². The molecular weight excluding hydrogens is 280 g/mol. The molecule has 0 unspecified atom stereocenters. The van der Waals surface area contributed by atoms with Crippen molar-refractivity contribution in [1.82, 2.24) is 15.3 Å².